The molecule has 0 aliphatic rings. The summed E-state index contributed by atoms with van der Waals surface area (Å²) in [7, 11) is -3.18. The van der Waals surface area contributed by atoms with Crippen molar-refractivity contribution in [2.45, 2.75) is 12.5 Å². The first-order valence-corrected chi connectivity index (χ1v) is 7.82. The Morgan fingerprint density at radius 1 is 1.53 bits per heavy atom. The maximum absolute atomic E-state index is 13.1. The van der Waals surface area contributed by atoms with Crippen LogP contribution in [0.25, 0.3) is 0 Å². The van der Waals surface area contributed by atoms with E-state index in [1.54, 1.807) is 0 Å². The molecule has 0 aliphatic heterocycles. The fraction of sp³-hybridized carbons (Fsp3) is 0.364. The van der Waals surface area contributed by atoms with Crippen LogP contribution in [-0.2, 0) is 14.6 Å². The highest BCUT2D eigenvalue weighted by Crippen LogP contribution is 2.18. The number of carbonyl (C=O) groups excluding carboxylic acids is 1. The van der Waals surface area contributed by atoms with Crippen molar-refractivity contribution < 1.29 is 17.6 Å². The molecule has 0 spiro atoms. The molecule has 0 radical (unpaired) electrons. The van der Waals surface area contributed by atoms with Crippen molar-refractivity contribution >= 4 is 33.0 Å². The zero-order chi connectivity index (χ0) is 14.6. The van der Waals surface area contributed by atoms with Gasteiger partial charge in [-0.3, -0.25) is 4.79 Å². The van der Waals surface area contributed by atoms with E-state index in [-0.39, 0.29) is 22.9 Å². The third kappa shape index (κ3) is 5.54. The normalized spacial score (nSPS) is 13.1. The van der Waals surface area contributed by atoms with Gasteiger partial charge in [-0.05, 0) is 24.6 Å². The van der Waals surface area contributed by atoms with Crippen LogP contribution in [-0.4, -0.2) is 32.4 Å². The molecule has 3 N–H and O–H groups in total. The van der Waals surface area contributed by atoms with Crippen molar-refractivity contribution in [2.24, 2.45) is 5.73 Å². The zero-order valence-electron chi connectivity index (χ0n) is 10.2. The van der Waals surface area contributed by atoms with Gasteiger partial charge in [0.2, 0.25) is 5.91 Å². The van der Waals surface area contributed by atoms with Gasteiger partial charge in [0.15, 0.2) is 0 Å². The molecular weight excluding hydrogens is 295 g/mol. The number of sulfone groups is 1. The van der Waals surface area contributed by atoms with Crippen LogP contribution >= 0.6 is 11.6 Å². The molecule has 0 saturated heterocycles. The van der Waals surface area contributed by atoms with Crippen molar-refractivity contribution in [1.29, 1.82) is 0 Å². The molecule has 5 nitrogen and oxygen atoms in total. The zero-order valence-corrected chi connectivity index (χ0v) is 11.8. The highest BCUT2D eigenvalue weighted by molar-refractivity contribution is 7.90. The molecule has 106 valence electrons. The minimum absolute atomic E-state index is 0.000733. The third-order valence-electron chi connectivity index (χ3n) is 2.32. The average molecular weight is 309 g/mol. The van der Waals surface area contributed by atoms with Crippen molar-refractivity contribution in [3.8, 4) is 0 Å². The van der Waals surface area contributed by atoms with Crippen LogP contribution in [0.5, 0.6) is 0 Å². The molecule has 1 amide bonds. The van der Waals surface area contributed by atoms with Gasteiger partial charge in [0.25, 0.3) is 0 Å². The number of amides is 1. The fourth-order valence-corrected chi connectivity index (χ4v) is 2.08. The Morgan fingerprint density at radius 2 is 2.16 bits per heavy atom. The van der Waals surface area contributed by atoms with E-state index in [0.29, 0.717) is 0 Å². The second-order valence-corrected chi connectivity index (χ2v) is 6.81. The van der Waals surface area contributed by atoms with Crippen molar-refractivity contribution in [1.82, 2.24) is 0 Å². The van der Waals surface area contributed by atoms with E-state index >= 15 is 0 Å². The van der Waals surface area contributed by atoms with E-state index in [4.69, 9.17) is 17.3 Å². The monoisotopic (exact) mass is 308 g/mol. The SMILES string of the molecule is CS(=O)(=O)CCC(N)C(=O)Nc1ccc(Cl)c(F)c1. The largest absolute Gasteiger partial charge is 0.325 e. The van der Waals surface area contributed by atoms with Crippen LogP contribution in [0.4, 0.5) is 10.1 Å². The van der Waals surface area contributed by atoms with Gasteiger partial charge < -0.3 is 11.1 Å². The van der Waals surface area contributed by atoms with Crippen LogP contribution < -0.4 is 11.1 Å². The van der Waals surface area contributed by atoms with Gasteiger partial charge in [-0.1, -0.05) is 11.6 Å². The molecule has 1 atom stereocenters. The molecule has 1 unspecified atom stereocenters. The summed E-state index contributed by atoms with van der Waals surface area (Å²) >= 11 is 5.50. The first-order valence-electron chi connectivity index (χ1n) is 5.38. The van der Waals surface area contributed by atoms with Crippen LogP contribution in [0.1, 0.15) is 6.42 Å². The van der Waals surface area contributed by atoms with Crippen LogP contribution in [0.3, 0.4) is 0 Å². The molecular formula is C11H14ClFN2O3S. The number of nitrogens with two attached hydrogens (primary N) is 1. The first kappa shape index (κ1) is 15.9. The van der Waals surface area contributed by atoms with E-state index in [2.05, 4.69) is 5.32 Å². The third-order valence-corrected chi connectivity index (χ3v) is 3.61. The predicted molar refractivity (Wildman–Crippen MR) is 72.3 cm³/mol. The Labute approximate surface area is 115 Å². The molecule has 19 heavy (non-hydrogen) atoms. The van der Waals surface area contributed by atoms with Gasteiger partial charge in [0, 0.05) is 11.9 Å². The van der Waals surface area contributed by atoms with Gasteiger partial charge in [-0.2, -0.15) is 0 Å². The second kappa shape index (κ2) is 6.31. The van der Waals surface area contributed by atoms with E-state index in [0.717, 1.165) is 12.3 Å². The smallest absolute Gasteiger partial charge is 0.241 e. The lowest BCUT2D eigenvalue weighted by Crippen LogP contribution is -2.37. The number of hydrogen-bond donors (Lipinski definition) is 2. The lowest BCUT2D eigenvalue weighted by Gasteiger charge is -2.11. The maximum atomic E-state index is 13.1. The molecule has 0 aliphatic carbocycles. The summed E-state index contributed by atoms with van der Waals surface area (Å²) in [6, 6.07) is 2.80. The summed E-state index contributed by atoms with van der Waals surface area (Å²) in [4.78, 5) is 11.6. The molecule has 0 aromatic heterocycles. The maximum Gasteiger partial charge on any atom is 0.241 e. The number of hydrogen-bond acceptors (Lipinski definition) is 4. The molecule has 1 aromatic rings. The number of benzene rings is 1. The molecule has 0 bridgehead atoms. The average Bonchev–Trinajstić information content (AvgIpc) is 2.29. The fourth-order valence-electron chi connectivity index (χ4n) is 1.28. The molecule has 1 aromatic carbocycles. The quantitative estimate of drug-likeness (QED) is 0.855. The van der Waals surface area contributed by atoms with Gasteiger partial charge in [-0.25, -0.2) is 12.8 Å². The van der Waals surface area contributed by atoms with Gasteiger partial charge in [0.05, 0.1) is 16.8 Å². The van der Waals surface area contributed by atoms with Crippen LogP contribution in [0.2, 0.25) is 5.02 Å². The standard InChI is InChI=1S/C11H14ClFN2O3S/c1-19(17,18)5-4-10(14)11(16)15-7-2-3-8(12)9(13)6-7/h2-3,6,10H,4-5,14H2,1H3,(H,15,16). The molecule has 0 heterocycles. The van der Waals surface area contributed by atoms with Crippen molar-refractivity contribution in [3.63, 3.8) is 0 Å². The number of anilines is 1. The van der Waals surface area contributed by atoms with Gasteiger partial charge in [0.1, 0.15) is 15.7 Å². The first-order chi connectivity index (χ1) is 8.69. The minimum Gasteiger partial charge on any atom is -0.325 e. The lowest BCUT2D eigenvalue weighted by molar-refractivity contribution is -0.117. The van der Waals surface area contributed by atoms with E-state index in [9.17, 15) is 17.6 Å². The summed E-state index contributed by atoms with van der Waals surface area (Å²) < 4.78 is 35.0. The topological polar surface area (TPSA) is 89.3 Å². The summed E-state index contributed by atoms with van der Waals surface area (Å²) in [5.74, 6) is -1.43. The Hall–Kier alpha value is -1.18. The van der Waals surface area contributed by atoms with Crippen LogP contribution in [0.15, 0.2) is 18.2 Å². The van der Waals surface area contributed by atoms with Gasteiger partial charge >= 0.3 is 0 Å². The highest BCUT2D eigenvalue weighted by atomic mass is 35.5. The summed E-state index contributed by atoms with van der Waals surface area (Å²) in [6.07, 6.45) is 1.06. The van der Waals surface area contributed by atoms with Crippen LogP contribution in [0, 0.1) is 5.82 Å². The summed E-state index contributed by atoms with van der Waals surface area (Å²) in [5, 5.41) is 2.33. The predicted octanol–water partition coefficient (Wildman–Crippen LogP) is 1.18. The Balaban J connectivity index is 2.61. The Morgan fingerprint density at radius 3 is 2.68 bits per heavy atom. The van der Waals surface area contributed by atoms with E-state index < -0.39 is 27.6 Å². The summed E-state index contributed by atoms with van der Waals surface area (Å²) in [5.41, 5.74) is 5.75. The van der Waals surface area contributed by atoms with Gasteiger partial charge in [-0.15, -0.1) is 0 Å². The van der Waals surface area contributed by atoms with E-state index in [1.165, 1.54) is 12.1 Å². The van der Waals surface area contributed by atoms with Crippen molar-refractivity contribution in [2.75, 3.05) is 17.3 Å². The second-order valence-electron chi connectivity index (χ2n) is 4.14. The molecule has 8 heteroatoms. The Kier molecular flexibility index (Phi) is 5.28. The Bertz CT molecular complexity index is 577. The molecule has 0 saturated carbocycles. The molecule has 1 rings (SSSR count). The number of carbonyl (C=O) groups is 1. The number of rotatable bonds is 5. The number of nitrogens with one attached hydrogen (secondary N) is 1. The van der Waals surface area contributed by atoms with E-state index in [1.807, 2.05) is 0 Å². The minimum atomic E-state index is -3.18. The highest BCUT2D eigenvalue weighted by Gasteiger charge is 2.16. The lowest BCUT2D eigenvalue weighted by atomic mass is 10.2. The van der Waals surface area contributed by atoms with Crippen molar-refractivity contribution in [3.05, 3.63) is 29.0 Å². The number of halogens is 2. The summed E-state index contributed by atoms with van der Waals surface area (Å²) in [6.45, 7) is 0. The molecule has 0 fully saturated rings.